The molecule has 0 aliphatic heterocycles. The summed E-state index contributed by atoms with van der Waals surface area (Å²) in [4.78, 5) is 25.5. The molecule has 0 fully saturated rings. The second kappa shape index (κ2) is 4.80. The second-order valence-corrected chi connectivity index (χ2v) is 6.03. The first kappa shape index (κ1) is 13.3. The lowest BCUT2D eigenvalue weighted by Gasteiger charge is -2.16. The fourth-order valence-corrected chi connectivity index (χ4v) is 3.58. The fourth-order valence-electron chi connectivity index (χ4n) is 3.58. The zero-order chi connectivity index (χ0) is 15.3. The van der Waals surface area contributed by atoms with Gasteiger partial charge >= 0.3 is 0 Å². The molecule has 0 saturated heterocycles. The van der Waals surface area contributed by atoms with Gasteiger partial charge in [-0.2, -0.15) is 0 Å². The number of hydrogen-bond acceptors (Lipinski definition) is 2. The van der Waals surface area contributed by atoms with Crippen molar-refractivity contribution < 1.29 is 9.59 Å². The number of hydrogen-bond donors (Lipinski definition) is 0. The van der Waals surface area contributed by atoms with E-state index in [1.807, 2.05) is 29.8 Å². The van der Waals surface area contributed by atoms with Crippen molar-refractivity contribution in [1.82, 2.24) is 4.57 Å². The van der Waals surface area contributed by atoms with Gasteiger partial charge in [0.05, 0.1) is 5.56 Å². The molecular weight excluding hydrogens is 274 g/mol. The van der Waals surface area contributed by atoms with Crippen molar-refractivity contribution in [2.24, 2.45) is 7.05 Å². The smallest absolute Gasteiger partial charge is 0.210 e. The summed E-state index contributed by atoms with van der Waals surface area (Å²) in [5.74, 6) is -0.0844. The molecule has 1 aromatic heterocycles. The molecule has 0 spiro atoms. The molecule has 22 heavy (non-hydrogen) atoms. The molecule has 0 unspecified atom stereocenters. The quantitative estimate of drug-likeness (QED) is 0.685. The SMILES string of the molecule is Cn1c(C2=CCCCC2)cc2c1C(=O)c1ccccc1C2=O. The van der Waals surface area contributed by atoms with Crippen molar-refractivity contribution in [3.8, 4) is 0 Å². The van der Waals surface area contributed by atoms with Gasteiger partial charge in [0.2, 0.25) is 5.78 Å². The minimum atomic E-state index is -0.0460. The standard InChI is InChI=1S/C19H17NO2/c1-20-16(12-7-3-2-4-8-12)11-15-17(20)19(22)14-10-6-5-9-13(14)18(15)21/h5-7,9-11H,2-4,8H2,1H3. The molecule has 1 aromatic carbocycles. The Labute approximate surface area is 129 Å². The molecule has 0 amide bonds. The van der Waals surface area contributed by atoms with Crippen molar-refractivity contribution >= 4 is 17.1 Å². The highest BCUT2D eigenvalue weighted by atomic mass is 16.1. The van der Waals surface area contributed by atoms with Crippen molar-refractivity contribution in [3.05, 3.63) is 64.5 Å². The molecule has 0 saturated carbocycles. The minimum Gasteiger partial charge on any atom is -0.341 e. The molecule has 4 rings (SSSR count). The van der Waals surface area contributed by atoms with Crippen molar-refractivity contribution in [1.29, 1.82) is 0 Å². The van der Waals surface area contributed by atoms with E-state index in [2.05, 4.69) is 6.08 Å². The Hall–Kier alpha value is -2.42. The number of ketones is 2. The number of rotatable bonds is 1. The molecule has 2 aromatic rings. The number of carbonyl (C=O) groups excluding carboxylic acids is 2. The summed E-state index contributed by atoms with van der Waals surface area (Å²) in [6.07, 6.45) is 6.73. The van der Waals surface area contributed by atoms with Crippen LogP contribution in [0, 0.1) is 0 Å². The molecule has 1 heterocycles. The Morgan fingerprint density at radius 2 is 1.68 bits per heavy atom. The molecule has 3 heteroatoms. The van der Waals surface area contributed by atoms with E-state index in [-0.39, 0.29) is 11.6 Å². The van der Waals surface area contributed by atoms with E-state index in [0.29, 0.717) is 22.4 Å². The monoisotopic (exact) mass is 291 g/mol. The summed E-state index contributed by atoms with van der Waals surface area (Å²) in [6, 6.07) is 9.00. The van der Waals surface area contributed by atoms with E-state index in [1.165, 1.54) is 18.4 Å². The number of fused-ring (bicyclic) bond motifs is 2. The van der Waals surface area contributed by atoms with Gasteiger partial charge in [0.25, 0.3) is 0 Å². The lowest BCUT2D eigenvalue weighted by atomic mass is 9.88. The van der Waals surface area contributed by atoms with Crippen LogP contribution in [0.4, 0.5) is 0 Å². The maximum absolute atomic E-state index is 12.8. The van der Waals surface area contributed by atoms with Crippen LogP contribution in [-0.2, 0) is 7.05 Å². The Morgan fingerprint density at radius 1 is 0.955 bits per heavy atom. The first-order valence-electron chi connectivity index (χ1n) is 7.76. The molecule has 2 aliphatic rings. The van der Waals surface area contributed by atoms with E-state index in [0.717, 1.165) is 18.5 Å². The normalized spacial score (nSPS) is 17.0. The highest BCUT2D eigenvalue weighted by Crippen LogP contribution is 2.34. The van der Waals surface area contributed by atoms with Gasteiger partial charge in [-0.1, -0.05) is 30.3 Å². The maximum atomic E-state index is 12.8. The van der Waals surface area contributed by atoms with Gasteiger partial charge in [-0.25, -0.2) is 0 Å². The first-order chi connectivity index (χ1) is 10.7. The Balaban J connectivity index is 1.92. The third kappa shape index (κ3) is 1.75. The lowest BCUT2D eigenvalue weighted by Crippen LogP contribution is -2.22. The molecule has 0 N–H and O–H groups in total. The molecule has 2 aliphatic carbocycles. The van der Waals surface area contributed by atoms with E-state index >= 15 is 0 Å². The average Bonchev–Trinajstić information content (AvgIpc) is 2.91. The summed E-state index contributed by atoms with van der Waals surface area (Å²) in [6.45, 7) is 0. The van der Waals surface area contributed by atoms with Crippen LogP contribution < -0.4 is 0 Å². The molecular formula is C19H17NO2. The highest BCUT2D eigenvalue weighted by molar-refractivity contribution is 6.28. The van der Waals surface area contributed by atoms with Gasteiger partial charge in [-0.15, -0.1) is 0 Å². The minimum absolute atomic E-state index is 0.0385. The van der Waals surface area contributed by atoms with Crippen molar-refractivity contribution in [3.63, 3.8) is 0 Å². The zero-order valence-corrected chi connectivity index (χ0v) is 12.6. The molecule has 3 nitrogen and oxygen atoms in total. The van der Waals surface area contributed by atoms with Crippen LogP contribution in [0.25, 0.3) is 5.57 Å². The van der Waals surface area contributed by atoms with E-state index in [4.69, 9.17) is 0 Å². The van der Waals surface area contributed by atoms with Crippen LogP contribution in [0.2, 0.25) is 0 Å². The second-order valence-electron chi connectivity index (χ2n) is 6.03. The summed E-state index contributed by atoms with van der Waals surface area (Å²) in [7, 11) is 1.89. The number of benzene rings is 1. The number of carbonyl (C=O) groups is 2. The zero-order valence-electron chi connectivity index (χ0n) is 12.6. The van der Waals surface area contributed by atoms with Gasteiger partial charge in [0.1, 0.15) is 5.69 Å². The predicted molar refractivity (Wildman–Crippen MR) is 85.2 cm³/mol. The predicted octanol–water partition coefficient (Wildman–Crippen LogP) is 3.76. The Kier molecular flexibility index (Phi) is 2.89. The van der Waals surface area contributed by atoms with E-state index in [1.54, 1.807) is 12.1 Å². The third-order valence-corrected chi connectivity index (χ3v) is 4.73. The van der Waals surface area contributed by atoms with Gasteiger partial charge in [-0.3, -0.25) is 9.59 Å². The van der Waals surface area contributed by atoms with Crippen LogP contribution in [0.3, 0.4) is 0 Å². The number of aromatic nitrogens is 1. The number of allylic oxidation sites excluding steroid dienone is 2. The molecule has 0 bridgehead atoms. The van der Waals surface area contributed by atoms with Crippen LogP contribution in [-0.4, -0.2) is 16.1 Å². The van der Waals surface area contributed by atoms with Gasteiger partial charge < -0.3 is 4.57 Å². The van der Waals surface area contributed by atoms with Gasteiger partial charge in [0, 0.05) is 23.9 Å². The lowest BCUT2D eigenvalue weighted by molar-refractivity contribution is 0.0974. The first-order valence-corrected chi connectivity index (χ1v) is 7.76. The van der Waals surface area contributed by atoms with Crippen LogP contribution in [0.5, 0.6) is 0 Å². The van der Waals surface area contributed by atoms with Crippen LogP contribution in [0.15, 0.2) is 36.4 Å². The summed E-state index contributed by atoms with van der Waals surface area (Å²) >= 11 is 0. The van der Waals surface area contributed by atoms with Crippen molar-refractivity contribution in [2.45, 2.75) is 25.7 Å². The van der Waals surface area contributed by atoms with Gasteiger partial charge in [-0.05, 0) is 37.3 Å². The topological polar surface area (TPSA) is 39.1 Å². The Bertz CT molecular complexity index is 839. The maximum Gasteiger partial charge on any atom is 0.210 e. The number of nitrogens with zero attached hydrogens (tertiary/aromatic N) is 1. The van der Waals surface area contributed by atoms with Crippen molar-refractivity contribution in [2.75, 3.05) is 0 Å². The van der Waals surface area contributed by atoms with Crippen LogP contribution >= 0.6 is 0 Å². The molecule has 0 radical (unpaired) electrons. The largest absolute Gasteiger partial charge is 0.341 e. The van der Waals surface area contributed by atoms with Gasteiger partial charge in [0.15, 0.2) is 5.78 Å². The summed E-state index contributed by atoms with van der Waals surface area (Å²) in [5, 5.41) is 0. The van der Waals surface area contributed by atoms with E-state index in [9.17, 15) is 9.59 Å². The fraction of sp³-hybridized carbons (Fsp3) is 0.263. The third-order valence-electron chi connectivity index (χ3n) is 4.73. The highest BCUT2D eigenvalue weighted by Gasteiger charge is 2.33. The molecule has 0 atom stereocenters. The Morgan fingerprint density at radius 3 is 2.36 bits per heavy atom. The summed E-state index contributed by atoms with van der Waals surface area (Å²) < 4.78 is 1.91. The average molecular weight is 291 g/mol. The van der Waals surface area contributed by atoms with Crippen LogP contribution in [0.1, 0.15) is 63.4 Å². The molecule has 110 valence electrons. The summed E-state index contributed by atoms with van der Waals surface area (Å²) in [5.41, 5.74) is 4.39. The van der Waals surface area contributed by atoms with E-state index < -0.39 is 0 Å².